The number of hydrogen-bond acceptors (Lipinski definition) is 5. The summed E-state index contributed by atoms with van der Waals surface area (Å²) >= 11 is 1.15. The first kappa shape index (κ1) is 23.1. The Bertz CT molecular complexity index is 1150. The monoisotopic (exact) mass is 480 g/mol. The number of hydrogen-bond donors (Lipinski definition) is 2. The van der Waals surface area contributed by atoms with Crippen molar-refractivity contribution in [2.45, 2.75) is 59.3 Å². The molecule has 180 valence electrons. The second-order valence-electron chi connectivity index (χ2n) is 10.7. The summed E-state index contributed by atoms with van der Waals surface area (Å²) < 4.78 is 5.02. The Morgan fingerprint density at radius 1 is 0.971 bits per heavy atom. The number of rotatable bonds is 5. The Hall–Kier alpha value is -2.67. The molecule has 1 aromatic heterocycles. The molecule has 0 unspecified atom stereocenters. The van der Waals surface area contributed by atoms with Gasteiger partial charge in [0.15, 0.2) is 0 Å². The summed E-state index contributed by atoms with van der Waals surface area (Å²) in [5.74, 6) is 1.08. The lowest BCUT2D eigenvalue weighted by molar-refractivity contribution is -0.140. The van der Waals surface area contributed by atoms with E-state index >= 15 is 0 Å². The van der Waals surface area contributed by atoms with Crippen molar-refractivity contribution < 1.29 is 19.1 Å². The Kier molecular flexibility index (Phi) is 5.79. The van der Waals surface area contributed by atoms with Gasteiger partial charge in [-0.3, -0.25) is 9.59 Å². The van der Waals surface area contributed by atoms with Crippen LogP contribution in [0.4, 0.5) is 10.7 Å². The van der Waals surface area contributed by atoms with Crippen LogP contribution in [0.5, 0.6) is 0 Å². The summed E-state index contributed by atoms with van der Waals surface area (Å²) in [6.45, 7) is 5.65. The third-order valence-corrected chi connectivity index (χ3v) is 9.34. The van der Waals surface area contributed by atoms with E-state index in [4.69, 9.17) is 4.74 Å². The summed E-state index contributed by atoms with van der Waals surface area (Å²) in [4.78, 5) is 39.9. The van der Waals surface area contributed by atoms with Crippen molar-refractivity contribution in [1.82, 2.24) is 0 Å². The summed E-state index contributed by atoms with van der Waals surface area (Å²) in [7, 11) is 1.32. The lowest BCUT2D eigenvalue weighted by Gasteiger charge is -2.55. The number of aryl methyl sites for hydroxylation is 2. The standard InChI is InChI=1S/C27H32N2O4S/c1-14-5-6-15(2)20(7-14)28-23(30)22-16(3)21(25(31)33-4)24(34-22)29-26(32)27-11-17-8-18(12-27)10-19(9-17)13-27/h5-7,17-19H,8-13H2,1-4H3,(H,28,30)(H,29,32). The second kappa shape index (κ2) is 8.52. The lowest BCUT2D eigenvalue weighted by Crippen LogP contribution is -2.51. The second-order valence-corrected chi connectivity index (χ2v) is 11.7. The summed E-state index contributed by atoms with van der Waals surface area (Å²) in [5.41, 5.74) is 3.19. The number of esters is 1. The van der Waals surface area contributed by atoms with Crippen LogP contribution in [0.3, 0.4) is 0 Å². The average Bonchev–Trinajstić information content (AvgIpc) is 3.10. The van der Waals surface area contributed by atoms with Crippen molar-refractivity contribution in [1.29, 1.82) is 0 Å². The van der Waals surface area contributed by atoms with Gasteiger partial charge in [0, 0.05) is 5.69 Å². The first-order valence-corrected chi connectivity index (χ1v) is 12.9. The minimum Gasteiger partial charge on any atom is -0.465 e. The number of nitrogens with one attached hydrogen (secondary N) is 2. The van der Waals surface area contributed by atoms with E-state index < -0.39 is 5.97 Å². The van der Waals surface area contributed by atoms with Gasteiger partial charge in [-0.2, -0.15) is 0 Å². The highest BCUT2D eigenvalue weighted by Crippen LogP contribution is 2.60. The van der Waals surface area contributed by atoms with E-state index in [1.165, 1.54) is 26.4 Å². The highest BCUT2D eigenvalue weighted by Gasteiger charge is 2.54. The van der Waals surface area contributed by atoms with Crippen LogP contribution in [-0.4, -0.2) is 24.9 Å². The largest absolute Gasteiger partial charge is 0.465 e. The fraction of sp³-hybridized carbons (Fsp3) is 0.519. The highest BCUT2D eigenvalue weighted by molar-refractivity contribution is 7.19. The maximum atomic E-state index is 13.6. The van der Waals surface area contributed by atoms with Crippen molar-refractivity contribution in [3.8, 4) is 0 Å². The van der Waals surface area contributed by atoms with Gasteiger partial charge in [0.1, 0.15) is 5.00 Å². The van der Waals surface area contributed by atoms with Crippen LogP contribution < -0.4 is 10.6 Å². The third-order valence-electron chi connectivity index (χ3n) is 8.13. The van der Waals surface area contributed by atoms with Crippen LogP contribution in [-0.2, 0) is 9.53 Å². The first-order chi connectivity index (χ1) is 16.2. The number of benzene rings is 1. The van der Waals surface area contributed by atoms with E-state index in [1.807, 2.05) is 32.0 Å². The molecule has 7 heteroatoms. The summed E-state index contributed by atoms with van der Waals surface area (Å²) in [5, 5.41) is 6.47. The van der Waals surface area contributed by atoms with Gasteiger partial charge in [0.05, 0.1) is 23.0 Å². The Morgan fingerprint density at radius 3 is 2.18 bits per heavy atom. The SMILES string of the molecule is COC(=O)c1c(NC(=O)C23CC4CC(CC(C4)C2)C3)sc(C(=O)Nc2cc(C)ccc2C)c1C. The summed E-state index contributed by atoms with van der Waals surface area (Å²) in [6, 6.07) is 5.88. The number of amides is 2. The number of carbonyl (C=O) groups is 3. The Morgan fingerprint density at radius 2 is 1.59 bits per heavy atom. The molecular weight excluding hydrogens is 448 g/mol. The minimum atomic E-state index is -0.541. The van der Waals surface area contributed by atoms with Gasteiger partial charge >= 0.3 is 5.97 Å². The quantitative estimate of drug-likeness (QED) is 0.525. The molecule has 0 aliphatic heterocycles. The number of anilines is 2. The zero-order valence-corrected chi connectivity index (χ0v) is 21.1. The predicted octanol–water partition coefficient (Wildman–Crippen LogP) is 5.87. The molecule has 2 aromatic rings. The maximum absolute atomic E-state index is 13.6. The molecular formula is C27H32N2O4S. The van der Waals surface area contributed by atoms with E-state index in [-0.39, 0.29) is 22.8 Å². The van der Waals surface area contributed by atoms with Gasteiger partial charge in [-0.15, -0.1) is 11.3 Å². The lowest BCUT2D eigenvalue weighted by atomic mass is 9.49. The van der Waals surface area contributed by atoms with Crippen LogP contribution in [0.2, 0.25) is 0 Å². The number of ether oxygens (including phenoxy) is 1. The van der Waals surface area contributed by atoms with Gasteiger partial charge in [-0.1, -0.05) is 12.1 Å². The molecule has 0 saturated heterocycles. The molecule has 34 heavy (non-hydrogen) atoms. The molecule has 4 fully saturated rings. The molecule has 4 bridgehead atoms. The number of thiophene rings is 1. The molecule has 0 atom stereocenters. The molecule has 6 nitrogen and oxygen atoms in total. The average molecular weight is 481 g/mol. The first-order valence-electron chi connectivity index (χ1n) is 12.1. The molecule has 1 heterocycles. The highest BCUT2D eigenvalue weighted by atomic mass is 32.1. The maximum Gasteiger partial charge on any atom is 0.341 e. The van der Waals surface area contributed by atoms with Crippen LogP contribution in [0.1, 0.15) is 75.2 Å². The zero-order valence-electron chi connectivity index (χ0n) is 20.2. The molecule has 0 radical (unpaired) electrons. The van der Waals surface area contributed by atoms with Crippen molar-refractivity contribution >= 4 is 39.8 Å². The number of methoxy groups -OCH3 is 1. The van der Waals surface area contributed by atoms with Crippen LogP contribution >= 0.6 is 11.3 Å². The fourth-order valence-electron chi connectivity index (χ4n) is 6.84. The van der Waals surface area contributed by atoms with Crippen molar-refractivity contribution in [2.24, 2.45) is 23.2 Å². The van der Waals surface area contributed by atoms with E-state index in [9.17, 15) is 14.4 Å². The Labute approximate surface area is 204 Å². The smallest absolute Gasteiger partial charge is 0.341 e. The molecule has 0 spiro atoms. The molecule has 6 rings (SSSR count). The fourth-order valence-corrected chi connectivity index (χ4v) is 7.93. The zero-order chi connectivity index (χ0) is 24.2. The van der Waals surface area contributed by atoms with Gasteiger partial charge < -0.3 is 15.4 Å². The molecule has 2 amide bonds. The van der Waals surface area contributed by atoms with Crippen molar-refractivity contribution in [3.05, 3.63) is 45.3 Å². The van der Waals surface area contributed by atoms with E-state index in [2.05, 4.69) is 10.6 Å². The molecule has 4 aliphatic carbocycles. The third kappa shape index (κ3) is 3.94. The van der Waals surface area contributed by atoms with Crippen LogP contribution in [0, 0.1) is 43.9 Å². The van der Waals surface area contributed by atoms with Gasteiger partial charge in [0.2, 0.25) is 5.91 Å². The predicted molar refractivity (Wildman–Crippen MR) is 133 cm³/mol. The van der Waals surface area contributed by atoms with Crippen molar-refractivity contribution in [3.63, 3.8) is 0 Å². The normalized spacial score (nSPS) is 26.9. The molecule has 2 N–H and O–H groups in total. The van der Waals surface area contributed by atoms with Crippen LogP contribution in [0.25, 0.3) is 0 Å². The molecule has 4 saturated carbocycles. The number of carbonyl (C=O) groups excluding carboxylic acids is 3. The van der Waals surface area contributed by atoms with E-state index in [0.29, 0.717) is 33.2 Å². The Balaban J connectivity index is 1.44. The van der Waals surface area contributed by atoms with Crippen LogP contribution in [0.15, 0.2) is 18.2 Å². The topological polar surface area (TPSA) is 84.5 Å². The van der Waals surface area contributed by atoms with E-state index in [0.717, 1.165) is 47.4 Å². The summed E-state index contributed by atoms with van der Waals surface area (Å²) in [6.07, 6.45) is 6.55. The van der Waals surface area contributed by atoms with Gasteiger partial charge in [-0.05, 0) is 99.8 Å². The minimum absolute atomic E-state index is 0.000472. The van der Waals surface area contributed by atoms with Crippen molar-refractivity contribution in [2.75, 3.05) is 17.7 Å². The van der Waals surface area contributed by atoms with E-state index in [1.54, 1.807) is 6.92 Å². The van der Waals surface area contributed by atoms with Gasteiger partial charge in [0.25, 0.3) is 5.91 Å². The van der Waals surface area contributed by atoms with Gasteiger partial charge in [-0.25, -0.2) is 4.79 Å². The molecule has 4 aliphatic rings. The molecule has 1 aromatic carbocycles.